The molecular formula is C14H26N4. The summed E-state index contributed by atoms with van der Waals surface area (Å²) in [5.41, 5.74) is 1.09. The Morgan fingerprint density at radius 1 is 1.44 bits per heavy atom. The normalized spacial score (nSPS) is 21.5. The fourth-order valence-corrected chi connectivity index (χ4v) is 2.66. The number of hydrogen-bond donors (Lipinski definition) is 1. The average molecular weight is 250 g/mol. The van der Waals surface area contributed by atoms with E-state index in [0.29, 0.717) is 12.1 Å². The van der Waals surface area contributed by atoms with Gasteiger partial charge in [-0.15, -0.1) is 0 Å². The highest BCUT2D eigenvalue weighted by Crippen LogP contribution is 2.19. The van der Waals surface area contributed by atoms with Crippen molar-refractivity contribution in [3.63, 3.8) is 0 Å². The van der Waals surface area contributed by atoms with E-state index in [0.717, 1.165) is 18.2 Å². The van der Waals surface area contributed by atoms with Gasteiger partial charge in [0.1, 0.15) is 0 Å². The van der Waals surface area contributed by atoms with Crippen LogP contribution < -0.4 is 5.32 Å². The van der Waals surface area contributed by atoms with Crippen LogP contribution in [0.25, 0.3) is 0 Å². The standard InChI is InChI=1S/C14H26N4/c1-11(2)15-14-16-12(3)9-18(14)10-13-7-5-6-8-17(13)4/h9,11,13H,5-8,10H2,1-4H3,(H,15,16). The maximum Gasteiger partial charge on any atom is 0.203 e. The summed E-state index contributed by atoms with van der Waals surface area (Å²) in [5, 5.41) is 3.43. The lowest BCUT2D eigenvalue weighted by Crippen LogP contribution is -2.39. The summed E-state index contributed by atoms with van der Waals surface area (Å²) in [7, 11) is 2.24. The first-order valence-corrected chi connectivity index (χ1v) is 7.07. The van der Waals surface area contributed by atoms with Gasteiger partial charge in [0.25, 0.3) is 0 Å². The Kier molecular flexibility index (Phi) is 4.27. The number of likely N-dealkylation sites (tertiary alicyclic amines) is 1. The molecular weight excluding hydrogens is 224 g/mol. The van der Waals surface area contributed by atoms with Crippen molar-refractivity contribution >= 4 is 5.95 Å². The second kappa shape index (κ2) is 5.74. The lowest BCUT2D eigenvalue weighted by molar-refractivity contribution is 0.168. The van der Waals surface area contributed by atoms with E-state index >= 15 is 0 Å². The van der Waals surface area contributed by atoms with E-state index in [4.69, 9.17) is 0 Å². The topological polar surface area (TPSA) is 33.1 Å². The van der Waals surface area contributed by atoms with Crippen LogP contribution >= 0.6 is 0 Å². The summed E-state index contributed by atoms with van der Waals surface area (Å²) in [6.07, 6.45) is 6.16. The zero-order valence-corrected chi connectivity index (χ0v) is 12.1. The van der Waals surface area contributed by atoms with Crippen LogP contribution in [0.3, 0.4) is 0 Å². The summed E-state index contributed by atoms with van der Waals surface area (Å²) in [6.45, 7) is 8.65. The molecule has 0 spiro atoms. The molecule has 1 fully saturated rings. The van der Waals surface area contributed by atoms with Crippen LogP contribution in [0.4, 0.5) is 5.95 Å². The number of nitrogens with zero attached hydrogens (tertiary/aromatic N) is 3. The molecule has 1 atom stereocenters. The van der Waals surface area contributed by atoms with Crippen molar-refractivity contribution in [2.45, 2.75) is 58.7 Å². The number of aryl methyl sites for hydroxylation is 1. The van der Waals surface area contributed by atoms with E-state index in [1.165, 1.54) is 25.8 Å². The molecule has 1 N–H and O–H groups in total. The maximum atomic E-state index is 4.57. The minimum atomic E-state index is 0.426. The summed E-state index contributed by atoms with van der Waals surface area (Å²) in [6, 6.07) is 1.08. The smallest absolute Gasteiger partial charge is 0.203 e. The molecule has 1 aliphatic rings. The molecule has 18 heavy (non-hydrogen) atoms. The quantitative estimate of drug-likeness (QED) is 0.891. The van der Waals surface area contributed by atoms with Gasteiger partial charge in [-0.25, -0.2) is 4.98 Å². The number of hydrogen-bond acceptors (Lipinski definition) is 3. The molecule has 0 aromatic carbocycles. The third-order valence-electron chi connectivity index (χ3n) is 3.64. The van der Waals surface area contributed by atoms with E-state index in [1.807, 2.05) is 0 Å². The van der Waals surface area contributed by atoms with Crippen LogP contribution in [-0.4, -0.2) is 40.1 Å². The molecule has 2 rings (SSSR count). The van der Waals surface area contributed by atoms with E-state index in [2.05, 4.69) is 53.8 Å². The largest absolute Gasteiger partial charge is 0.353 e. The minimum Gasteiger partial charge on any atom is -0.353 e. The maximum absolute atomic E-state index is 4.57. The Morgan fingerprint density at radius 2 is 2.22 bits per heavy atom. The van der Waals surface area contributed by atoms with E-state index in [1.54, 1.807) is 0 Å². The van der Waals surface area contributed by atoms with Crippen molar-refractivity contribution in [1.82, 2.24) is 14.5 Å². The molecule has 1 unspecified atom stereocenters. The van der Waals surface area contributed by atoms with E-state index in [-0.39, 0.29) is 0 Å². The molecule has 1 aromatic heterocycles. The molecule has 0 saturated carbocycles. The third-order valence-corrected chi connectivity index (χ3v) is 3.64. The first-order valence-electron chi connectivity index (χ1n) is 7.07. The van der Waals surface area contributed by atoms with Gasteiger partial charge in [-0.3, -0.25) is 0 Å². The van der Waals surface area contributed by atoms with Crippen molar-refractivity contribution in [2.75, 3.05) is 18.9 Å². The van der Waals surface area contributed by atoms with Crippen LogP contribution in [0, 0.1) is 6.92 Å². The zero-order chi connectivity index (χ0) is 13.1. The van der Waals surface area contributed by atoms with Crippen molar-refractivity contribution in [3.8, 4) is 0 Å². The van der Waals surface area contributed by atoms with Gasteiger partial charge < -0.3 is 14.8 Å². The SMILES string of the molecule is Cc1cn(CC2CCCCN2C)c(NC(C)C)n1. The fourth-order valence-electron chi connectivity index (χ4n) is 2.66. The fraction of sp³-hybridized carbons (Fsp3) is 0.786. The van der Waals surface area contributed by atoms with Gasteiger partial charge in [0.05, 0.1) is 5.69 Å². The summed E-state index contributed by atoms with van der Waals surface area (Å²) < 4.78 is 2.28. The summed E-state index contributed by atoms with van der Waals surface area (Å²) in [5.74, 6) is 1.02. The number of anilines is 1. The molecule has 1 aliphatic heterocycles. The van der Waals surface area contributed by atoms with Gasteiger partial charge in [0, 0.05) is 24.8 Å². The summed E-state index contributed by atoms with van der Waals surface area (Å²) in [4.78, 5) is 7.06. The second-order valence-electron chi connectivity index (χ2n) is 5.79. The molecule has 102 valence electrons. The molecule has 1 saturated heterocycles. The highest BCUT2D eigenvalue weighted by Gasteiger charge is 2.20. The highest BCUT2D eigenvalue weighted by atomic mass is 15.2. The van der Waals surface area contributed by atoms with E-state index in [9.17, 15) is 0 Å². The monoisotopic (exact) mass is 250 g/mol. The third kappa shape index (κ3) is 3.25. The lowest BCUT2D eigenvalue weighted by Gasteiger charge is -2.33. The number of piperidine rings is 1. The van der Waals surface area contributed by atoms with Crippen molar-refractivity contribution in [1.29, 1.82) is 0 Å². The number of nitrogens with one attached hydrogen (secondary N) is 1. The highest BCUT2D eigenvalue weighted by molar-refractivity contribution is 5.29. The second-order valence-corrected chi connectivity index (χ2v) is 5.79. The van der Waals surface area contributed by atoms with Gasteiger partial charge in [-0.1, -0.05) is 6.42 Å². The van der Waals surface area contributed by atoms with Crippen LogP contribution in [0.5, 0.6) is 0 Å². The van der Waals surface area contributed by atoms with Crippen LogP contribution in [0.1, 0.15) is 38.8 Å². The molecule has 0 radical (unpaired) electrons. The van der Waals surface area contributed by atoms with E-state index < -0.39 is 0 Å². The Balaban J connectivity index is 2.07. The van der Waals surface area contributed by atoms with Crippen molar-refractivity contribution in [3.05, 3.63) is 11.9 Å². The zero-order valence-electron chi connectivity index (χ0n) is 12.1. The minimum absolute atomic E-state index is 0.426. The van der Waals surface area contributed by atoms with Crippen LogP contribution in [0.15, 0.2) is 6.20 Å². The Bertz CT molecular complexity index is 383. The lowest BCUT2D eigenvalue weighted by atomic mass is 10.0. The van der Waals surface area contributed by atoms with Gasteiger partial charge in [-0.05, 0) is 47.2 Å². The van der Waals surface area contributed by atoms with Crippen molar-refractivity contribution in [2.24, 2.45) is 0 Å². The molecule has 4 heteroatoms. The average Bonchev–Trinajstić information content (AvgIpc) is 2.61. The number of imidazole rings is 1. The van der Waals surface area contributed by atoms with Gasteiger partial charge in [0.15, 0.2) is 0 Å². The Hall–Kier alpha value is -1.03. The summed E-state index contributed by atoms with van der Waals surface area (Å²) >= 11 is 0. The molecule has 0 amide bonds. The first kappa shape index (κ1) is 13.4. The molecule has 4 nitrogen and oxygen atoms in total. The first-order chi connectivity index (χ1) is 8.56. The van der Waals surface area contributed by atoms with Crippen LogP contribution in [-0.2, 0) is 6.54 Å². The van der Waals surface area contributed by atoms with Gasteiger partial charge in [-0.2, -0.15) is 0 Å². The Labute approximate surface area is 110 Å². The number of rotatable bonds is 4. The Morgan fingerprint density at radius 3 is 2.89 bits per heavy atom. The molecule has 1 aromatic rings. The predicted molar refractivity (Wildman–Crippen MR) is 76.0 cm³/mol. The van der Waals surface area contributed by atoms with Gasteiger partial charge >= 0.3 is 0 Å². The molecule has 0 aliphatic carbocycles. The van der Waals surface area contributed by atoms with Crippen LogP contribution in [0.2, 0.25) is 0 Å². The number of likely N-dealkylation sites (N-methyl/N-ethyl adjacent to an activating group) is 1. The molecule has 2 heterocycles. The number of aromatic nitrogens is 2. The van der Waals surface area contributed by atoms with Gasteiger partial charge in [0.2, 0.25) is 5.95 Å². The molecule has 0 bridgehead atoms. The predicted octanol–water partition coefficient (Wildman–Crippen LogP) is 2.50. The van der Waals surface area contributed by atoms with Crippen molar-refractivity contribution < 1.29 is 0 Å².